The van der Waals surface area contributed by atoms with E-state index in [0.29, 0.717) is 0 Å². The number of hydrogen-bond acceptors (Lipinski definition) is 2. The van der Waals surface area contributed by atoms with Crippen LogP contribution in [0.25, 0.3) is 0 Å². The van der Waals surface area contributed by atoms with Crippen LogP contribution in [0, 0.1) is 5.41 Å². The Labute approximate surface area is 46.8 Å². The third kappa shape index (κ3) is 2.60. The van der Waals surface area contributed by atoms with Crippen molar-refractivity contribution in [2.75, 3.05) is 0 Å². The van der Waals surface area contributed by atoms with Crippen molar-refractivity contribution in [3.8, 4) is 0 Å². The lowest BCUT2D eigenvalue weighted by Gasteiger charge is -2.19. The van der Waals surface area contributed by atoms with Gasteiger partial charge in [-0.2, -0.15) is 0 Å². The van der Waals surface area contributed by atoms with Gasteiger partial charge in [0.15, 0.2) is 6.29 Å². The highest BCUT2D eigenvalue weighted by molar-refractivity contribution is 4.61. The molecule has 0 rings (SSSR count). The zero-order valence-corrected chi connectivity index (χ0v) is 4.89. The minimum absolute atomic E-state index is 0.302. The van der Waals surface area contributed by atoms with Crippen LogP contribution < -0.4 is 0 Å². The molecule has 0 heterocycles. The molecule has 2 heteroatoms. The zero-order valence-electron chi connectivity index (χ0n) is 6.89. The number of aliphatic hydroxyl groups excluding tert-OH is 1. The van der Waals surface area contributed by atoms with Crippen LogP contribution in [0.2, 0.25) is 0 Å². The van der Waals surface area contributed by atoms with Crippen LogP contribution in [0.15, 0.2) is 0 Å². The van der Waals surface area contributed by atoms with Gasteiger partial charge in [-0.3, -0.25) is 0 Å². The van der Waals surface area contributed by atoms with Crippen LogP contribution in [0.3, 0.4) is 0 Å². The summed E-state index contributed by atoms with van der Waals surface area (Å²) in [5.74, 6) is 0. The van der Waals surface area contributed by atoms with E-state index in [9.17, 15) is 0 Å². The molecule has 2 N–H and O–H groups in total. The summed E-state index contributed by atoms with van der Waals surface area (Å²) in [7, 11) is 0. The lowest BCUT2D eigenvalue weighted by Crippen LogP contribution is -2.24. The molecule has 0 saturated heterocycles. The van der Waals surface area contributed by atoms with Crippen LogP contribution in [0.1, 0.15) is 20.8 Å². The van der Waals surface area contributed by atoms with E-state index in [1.165, 1.54) is 0 Å². The maximum absolute atomic E-state index is 6.47. The summed E-state index contributed by atoms with van der Waals surface area (Å²) in [5, 5.41) is 8.21. The number of rotatable bonds is 2. The Balaban J connectivity index is 3.79. The van der Waals surface area contributed by atoms with Crippen molar-refractivity contribution < 1.29 is 10.2 Å². The van der Waals surface area contributed by atoms with Crippen molar-refractivity contribution in [2.45, 2.75) is 27.1 Å². The second-order valence-corrected chi connectivity index (χ2v) is 2.70. The van der Waals surface area contributed by atoms with Crippen LogP contribution in [0.4, 0.5) is 0 Å². The highest BCUT2D eigenvalue weighted by atomic mass is 16.5. The minimum atomic E-state index is -0.766. The van der Waals surface area contributed by atoms with Crippen LogP contribution in [-0.4, -0.2) is 19.4 Å². The first-order chi connectivity index (χ1) is 4.02. The average Bonchev–Trinajstić information content (AvgIpc) is 1.65. The van der Waals surface area contributed by atoms with Gasteiger partial charge in [-0.25, -0.2) is 0 Å². The molecule has 0 saturated carbocycles. The molecule has 0 aliphatic rings. The fraction of sp³-hybridized carbons (Fsp3) is 1.00. The molecule has 0 aromatic carbocycles. The van der Waals surface area contributed by atoms with E-state index in [0.717, 1.165) is 0 Å². The molecule has 0 radical (unpaired) electrons. The summed E-state index contributed by atoms with van der Waals surface area (Å²) in [5.41, 5.74) is -0.302. The first-order valence-electron chi connectivity index (χ1n) is 3.08. The second-order valence-electron chi connectivity index (χ2n) is 2.70. The van der Waals surface area contributed by atoms with Gasteiger partial charge < -0.3 is 10.2 Å². The molecule has 0 unspecified atom stereocenters. The highest BCUT2D eigenvalue weighted by Gasteiger charge is 2.18. The largest absolute Gasteiger partial charge is 0.368 e. The molecule has 0 atom stereocenters. The predicted octanol–water partition coefficient (Wildman–Crippen LogP) is 0.343. The number of hydrogen-bond donors (Lipinski definition) is 2. The third-order valence-corrected chi connectivity index (χ3v) is 0.707. The van der Waals surface area contributed by atoms with Gasteiger partial charge in [-0.05, 0) is 0 Å². The molecule has 0 aliphatic heterocycles. The van der Waals surface area contributed by atoms with Crippen molar-refractivity contribution in [3.63, 3.8) is 0 Å². The lowest BCUT2D eigenvalue weighted by molar-refractivity contribution is -0.113. The molecule has 7 heavy (non-hydrogen) atoms. The van der Waals surface area contributed by atoms with Crippen LogP contribution >= 0.6 is 0 Å². The highest BCUT2D eigenvalue weighted by Crippen LogP contribution is 2.15. The summed E-state index contributed by atoms with van der Waals surface area (Å²) in [4.78, 5) is 0. The molecule has 0 amide bonds. The average molecular weight is 108 g/mol. The first kappa shape index (κ1) is 3.87. The zero-order chi connectivity index (χ0) is 7.49. The Bertz CT molecular complexity index is 75.5. The van der Waals surface area contributed by atoms with Gasteiger partial charge in [0.05, 0.1) is 0 Å². The van der Waals surface area contributed by atoms with E-state index in [1.54, 1.807) is 0 Å². The molecule has 0 bridgehead atoms. The van der Waals surface area contributed by atoms with E-state index in [4.69, 9.17) is 2.86 Å². The standard InChI is InChI=1S/C5H12O2/c1-5(2,3)4(6)7/h4,6-7H,1-3H3/i6T,7T. The minimum Gasteiger partial charge on any atom is -0.368 e. The molecule has 0 fully saturated rings. The van der Waals surface area contributed by atoms with Gasteiger partial charge in [0.25, 0.3) is 0 Å². The monoisotopic (exact) mass is 108 g/mol. The Morgan fingerprint density at radius 1 is 1.43 bits per heavy atom. The van der Waals surface area contributed by atoms with E-state index in [1.807, 2.05) is 20.8 Å². The van der Waals surface area contributed by atoms with Gasteiger partial charge in [-0.1, -0.05) is 20.8 Å². The van der Waals surface area contributed by atoms with Crippen LogP contribution in [0.5, 0.6) is 0 Å². The van der Waals surface area contributed by atoms with Gasteiger partial charge in [0.1, 0.15) is 0 Å². The quantitative estimate of drug-likeness (QED) is 0.501. The molecular weight excluding hydrogens is 92.1 g/mol. The molecule has 0 aromatic heterocycles. The fourth-order valence-corrected chi connectivity index (χ4v) is 0. The Kier molecular flexibility index (Phi) is 0.995. The normalized spacial score (nSPS) is 16.6. The van der Waals surface area contributed by atoms with Crippen LogP contribution in [-0.2, 0) is 0 Å². The summed E-state index contributed by atoms with van der Waals surface area (Å²) in [6.45, 7) is 5.50. The summed E-state index contributed by atoms with van der Waals surface area (Å²) in [6.07, 6.45) is -0.766. The molecule has 44 valence electrons. The van der Waals surface area contributed by atoms with E-state index in [-0.39, 0.29) is 5.41 Å². The van der Waals surface area contributed by atoms with E-state index in [2.05, 4.69) is 10.2 Å². The van der Waals surface area contributed by atoms with Crippen molar-refractivity contribution in [1.29, 1.82) is 2.86 Å². The number of aliphatic hydroxyl groups is 2. The second kappa shape index (κ2) is 1.80. The lowest BCUT2D eigenvalue weighted by atomic mass is 9.96. The summed E-state index contributed by atoms with van der Waals surface area (Å²) < 4.78 is 12.9. The van der Waals surface area contributed by atoms with Crippen molar-refractivity contribution in [1.82, 2.24) is 0 Å². The van der Waals surface area contributed by atoms with Crippen molar-refractivity contribution >= 4 is 0 Å². The maximum atomic E-state index is 6.47. The first-order valence-corrected chi connectivity index (χ1v) is 2.26. The van der Waals surface area contributed by atoms with Gasteiger partial charge in [0, 0.05) is 5.41 Å². The fourth-order valence-electron chi connectivity index (χ4n) is 0. The predicted molar refractivity (Wildman–Crippen MR) is 27.7 cm³/mol. The SMILES string of the molecule is [3H]OC(O[3H])C(C)(C)C. The Hall–Kier alpha value is -0.0800. The summed E-state index contributed by atoms with van der Waals surface area (Å²) >= 11 is 0. The Morgan fingerprint density at radius 2 is 1.86 bits per heavy atom. The molecule has 0 aromatic rings. The Morgan fingerprint density at radius 3 is 1.86 bits per heavy atom. The molecule has 0 aliphatic carbocycles. The smallest absolute Gasteiger partial charge is 0.213 e. The van der Waals surface area contributed by atoms with E-state index < -0.39 is 6.29 Å². The third-order valence-electron chi connectivity index (χ3n) is 0.707. The molecular formula is C5H12O2. The maximum Gasteiger partial charge on any atom is 0.213 e. The molecule has 2 nitrogen and oxygen atoms in total. The van der Waals surface area contributed by atoms with E-state index >= 15 is 0 Å². The van der Waals surface area contributed by atoms with Crippen molar-refractivity contribution in [2.24, 2.45) is 5.41 Å². The topological polar surface area (TPSA) is 40.5 Å². The summed E-state index contributed by atoms with van der Waals surface area (Å²) in [6, 6.07) is 0. The van der Waals surface area contributed by atoms with Gasteiger partial charge in [-0.15, -0.1) is 0 Å². The van der Waals surface area contributed by atoms with Gasteiger partial charge in [0.2, 0.25) is 2.86 Å². The van der Waals surface area contributed by atoms with Gasteiger partial charge >= 0.3 is 0 Å². The molecule has 0 spiro atoms. The van der Waals surface area contributed by atoms with Crippen molar-refractivity contribution in [3.05, 3.63) is 0 Å².